The van der Waals surface area contributed by atoms with Crippen molar-refractivity contribution in [2.75, 3.05) is 5.75 Å². The number of amides is 3. The summed E-state index contributed by atoms with van der Waals surface area (Å²) >= 11 is 4.18. The van der Waals surface area contributed by atoms with E-state index in [9.17, 15) is 29.1 Å². The van der Waals surface area contributed by atoms with Crippen LogP contribution in [0.2, 0.25) is 0 Å². The number of carbonyl (C=O) groups is 5. The third-order valence-electron chi connectivity index (χ3n) is 6.99. The van der Waals surface area contributed by atoms with Gasteiger partial charge in [0.25, 0.3) is 0 Å². The van der Waals surface area contributed by atoms with Gasteiger partial charge in [-0.25, -0.2) is 4.79 Å². The molecule has 0 saturated carbocycles. The summed E-state index contributed by atoms with van der Waals surface area (Å²) in [4.78, 5) is 68.6. The van der Waals surface area contributed by atoms with Gasteiger partial charge in [-0.1, -0.05) is 36.4 Å². The van der Waals surface area contributed by atoms with Crippen LogP contribution < -0.4 is 21.7 Å². The lowest BCUT2D eigenvalue weighted by molar-refractivity contribution is -0.142. The van der Waals surface area contributed by atoms with Gasteiger partial charge in [0.2, 0.25) is 17.7 Å². The molecule has 0 aliphatic heterocycles. The number of H-pyrrole nitrogens is 2. The molecule has 2 aromatic carbocycles. The molecule has 4 aromatic rings. The zero-order valence-corrected chi connectivity index (χ0v) is 23.8. The first-order valence-electron chi connectivity index (χ1n) is 13.4. The van der Waals surface area contributed by atoms with Crippen LogP contribution >= 0.6 is 12.6 Å². The highest BCUT2D eigenvalue weighted by Crippen LogP contribution is 2.20. The minimum absolute atomic E-state index is 0.0133. The lowest BCUT2D eigenvalue weighted by Crippen LogP contribution is -2.58. The average molecular weight is 609 g/mol. The van der Waals surface area contributed by atoms with Gasteiger partial charge in [0, 0.05) is 52.8 Å². The van der Waals surface area contributed by atoms with Gasteiger partial charge in [0.15, 0.2) is 0 Å². The molecule has 2 aromatic heterocycles. The van der Waals surface area contributed by atoms with Crippen LogP contribution in [0, 0.1) is 0 Å². The first-order chi connectivity index (χ1) is 20.6. The molecular formula is C29H32N6O7S. The molecule has 0 bridgehead atoms. The van der Waals surface area contributed by atoms with Crippen LogP contribution in [-0.2, 0) is 36.8 Å². The van der Waals surface area contributed by atoms with Crippen LogP contribution in [-0.4, -0.2) is 79.8 Å². The number of para-hydroxylation sites is 2. The van der Waals surface area contributed by atoms with E-state index in [-0.39, 0.29) is 18.6 Å². The van der Waals surface area contributed by atoms with Gasteiger partial charge in [-0.3, -0.25) is 19.2 Å². The molecule has 3 amide bonds. The Bertz CT molecular complexity index is 1650. The normalized spacial score (nSPS) is 14.0. The number of hydrogen-bond donors (Lipinski definition) is 9. The number of carboxylic acids is 2. The number of nitrogens with one attached hydrogen (secondary N) is 5. The molecule has 9 N–H and O–H groups in total. The fourth-order valence-electron chi connectivity index (χ4n) is 4.75. The summed E-state index contributed by atoms with van der Waals surface area (Å²) in [5, 5.41) is 28.0. The maximum atomic E-state index is 13.5. The Balaban J connectivity index is 1.49. The summed E-state index contributed by atoms with van der Waals surface area (Å²) in [7, 11) is 0. The number of carboxylic acid groups (broad SMARTS) is 2. The largest absolute Gasteiger partial charge is 0.481 e. The number of nitrogens with two attached hydrogens (primary N) is 1. The quantitative estimate of drug-likeness (QED) is 0.0926. The molecule has 0 radical (unpaired) electrons. The number of aromatic nitrogens is 2. The lowest BCUT2D eigenvalue weighted by atomic mass is 10.0. The van der Waals surface area contributed by atoms with Crippen LogP contribution in [0.25, 0.3) is 21.8 Å². The van der Waals surface area contributed by atoms with Gasteiger partial charge < -0.3 is 41.9 Å². The first-order valence-corrected chi connectivity index (χ1v) is 14.0. The van der Waals surface area contributed by atoms with E-state index in [0.29, 0.717) is 11.1 Å². The second-order valence-electron chi connectivity index (χ2n) is 10.0. The Hall–Kier alpha value is -4.82. The Morgan fingerprint density at radius 1 is 0.721 bits per heavy atom. The van der Waals surface area contributed by atoms with E-state index in [1.807, 2.05) is 48.5 Å². The third kappa shape index (κ3) is 7.72. The number of thiol groups is 1. The Kier molecular flexibility index (Phi) is 10.1. The molecule has 4 unspecified atom stereocenters. The highest BCUT2D eigenvalue weighted by molar-refractivity contribution is 7.80. The van der Waals surface area contributed by atoms with Gasteiger partial charge in [0.1, 0.15) is 18.1 Å². The summed E-state index contributed by atoms with van der Waals surface area (Å²) < 4.78 is 0. The van der Waals surface area contributed by atoms with Crippen molar-refractivity contribution in [3.63, 3.8) is 0 Å². The van der Waals surface area contributed by atoms with E-state index in [1.54, 1.807) is 12.4 Å². The van der Waals surface area contributed by atoms with Gasteiger partial charge in [-0.05, 0) is 23.3 Å². The predicted molar refractivity (Wildman–Crippen MR) is 162 cm³/mol. The molecule has 43 heavy (non-hydrogen) atoms. The van der Waals surface area contributed by atoms with Crippen LogP contribution in [0.15, 0.2) is 60.9 Å². The summed E-state index contributed by atoms with van der Waals surface area (Å²) in [5.41, 5.74) is 8.70. The molecule has 226 valence electrons. The van der Waals surface area contributed by atoms with Crippen molar-refractivity contribution < 1.29 is 34.2 Å². The zero-order valence-electron chi connectivity index (χ0n) is 22.9. The minimum Gasteiger partial charge on any atom is -0.481 e. The second-order valence-corrected chi connectivity index (χ2v) is 10.4. The van der Waals surface area contributed by atoms with E-state index in [1.165, 1.54) is 0 Å². The van der Waals surface area contributed by atoms with E-state index in [4.69, 9.17) is 10.8 Å². The van der Waals surface area contributed by atoms with Crippen molar-refractivity contribution in [1.29, 1.82) is 0 Å². The predicted octanol–water partition coefficient (Wildman–Crippen LogP) is 0.705. The van der Waals surface area contributed by atoms with E-state index >= 15 is 0 Å². The van der Waals surface area contributed by atoms with Crippen LogP contribution in [0.5, 0.6) is 0 Å². The number of hydrogen-bond acceptors (Lipinski definition) is 7. The molecule has 4 atom stereocenters. The molecule has 13 nitrogen and oxygen atoms in total. The van der Waals surface area contributed by atoms with Gasteiger partial charge >= 0.3 is 11.9 Å². The summed E-state index contributed by atoms with van der Waals surface area (Å²) in [5.74, 6) is -5.14. The highest BCUT2D eigenvalue weighted by atomic mass is 32.1. The van der Waals surface area contributed by atoms with E-state index in [0.717, 1.165) is 21.8 Å². The molecule has 0 aliphatic rings. The number of carbonyl (C=O) groups excluding carboxylic acids is 3. The fourth-order valence-corrected chi connectivity index (χ4v) is 5.01. The number of benzene rings is 2. The molecule has 0 aliphatic carbocycles. The Morgan fingerprint density at radius 2 is 1.19 bits per heavy atom. The van der Waals surface area contributed by atoms with E-state index in [2.05, 4.69) is 38.5 Å². The first kappa shape index (κ1) is 31.1. The van der Waals surface area contributed by atoms with Crippen molar-refractivity contribution in [2.24, 2.45) is 5.73 Å². The molecule has 0 saturated heterocycles. The number of rotatable bonds is 14. The summed E-state index contributed by atoms with van der Waals surface area (Å²) in [6, 6.07) is 9.44. The topological polar surface area (TPSA) is 219 Å². The lowest BCUT2D eigenvalue weighted by Gasteiger charge is -2.24. The van der Waals surface area contributed by atoms with Crippen molar-refractivity contribution >= 4 is 64.1 Å². The molecule has 0 fully saturated rings. The van der Waals surface area contributed by atoms with Gasteiger partial charge in [0.05, 0.1) is 12.5 Å². The molecule has 0 spiro atoms. The molecule has 2 heterocycles. The zero-order chi connectivity index (χ0) is 31.1. The minimum atomic E-state index is -1.42. The molecule has 4 rings (SSSR count). The Morgan fingerprint density at radius 3 is 1.70 bits per heavy atom. The number of aromatic amines is 2. The fraction of sp³-hybridized carbons (Fsp3) is 0.276. The van der Waals surface area contributed by atoms with Crippen molar-refractivity contribution in [1.82, 2.24) is 25.9 Å². The van der Waals surface area contributed by atoms with Crippen molar-refractivity contribution in [2.45, 2.75) is 43.4 Å². The summed E-state index contributed by atoms with van der Waals surface area (Å²) in [6.07, 6.45) is 2.68. The van der Waals surface area contributed by atoms with Crippen molar-refractivity contribution in [3.8, 4) is 0 Å². The highest BCUT2D eigenvalue weighted by Gasteiger charge is 2.31. The third-order valence-corrected chi connectivity index (χ3v) is 7.36. The van der Waals surface area contributed by atoms with Gasteiger partial charge in [-0.15, -0.1) is 0 Å². The van der Waals surface area contributed by atoms with Gasteiger partial charge in [-0.2, -0.15) is 12.6 Å². The van der Waals surface area contributed by atoms with Crippen LogP contribution in [0.3, 0.4) is 0 Å². The number of aliphatic carboxylic acids is 2. The average Bonchev–Trinajstić information content (AvgIpc) is 3.58. The number of fused-ring (bicyclic) bond motifs is 2. The van der Waals surface area contributed by atoms with E-state index < -0.39 is 60.2 Å². The maximum absolute atomic E-state index is 13.5. The standard InChI is InChI=1S/C29H32N6O7S/c30-19(11-25(36)37)26(38)33-22(9-15-12-31-20-7-3-1-5-17(15)20)27(39)35-24(14-43)28(40)34-23(29(41)42)10-16-13-32-21-8-4-2-6-18(16)21/h1-8,12-13,19,22-24,31-32,43H,9-11,14,30H2,(H,33,38)(H,34,40)(H,35,39)(H,36,37)(H,41,42). The molecule has 14 heteroatoms. The van der Waals surface area contributed by atoms with Crippen LogP contribution in [0.1, 0.15) is 17.5 Å². The van der Waals surface area contributed by atoms with Crippen LogP contribution in [0.4, 0.5) is 0 Å². The monoisotopic (exact) mass is 608 g/mol. The smallest absolute Gasteiger partial charge is 0.326 e. The Labute approximate surface area is 251 Å². The van der Waals surface area contributed by atoms with Crippen molar-refractivity contribution in [3.05, 3.63) is 72.1 Å². The second kappa shape index (κ2) is 13.9. The molecular weight excluding hydrogens is 576 g/mol. The summed E-state index contributed by atoms with van der Waals surface area (Å²) in [6.45, 7) is 0. The SMILES string of the molecule is NC(CC(=O)O)C(=O)NC(Cc1c[nH]c2ccccc12)C(=O)NC(CS)C(=O)NC(Cc1c[nH]c2ccccc12)C(=O)O. The maximum Gasteiger partial charge on any atom is 0.326 e.